The molecule has 0 aliphatic carbocycles. The molecule has 84 valence electrons. The molecule has 0 aliphatic rings. The number of aromatic nitrogens is 1. The van der Waals surface area contributed by atoms with Crippen LogP contribution in [0, 0.1) is 11.3 Å². The maximum atomic E-state index is 11.6. The van der Waals surface area contributed by atoms with Crippen molar-refractivity contribution in [1.29, 1.82) is 5.26 Å². The lowest BCUT2D eigenvalue weighted by Gasteiger charge is -2.05. The zero-order chi connectivity index (χ0) is 12.0. The second-order valence-electron chi connectivity index (χ2n) is 3.24. The fourth-order valence-corrected chi connectivity index (χ4v) is 1.31. The lowest BCUT2D eigenvalue weighted by molar-refractivity contribution is -0.121. The van der Waals surface area contributed by atoms with Crippen LogP contribution in [0.3, 0.4) is 0 Å². The Hall–Kier alpha value is -2.09. The van der Waals surface area contributed by atoms with Crippen LogP contribution in [0.2, 0.25) is 0 Å². The van der Waals surface area contributed by atoms with Gasteiger partial charge in [0, 0.05) is 25.7 Å². The smallest absolute Gasteiger partial charge is 0.268 e. The van der Waals surface area contributed by atoms with E-state index in [0.717, 1.165) is 0 Å². The molecule has 0 saturated heterocycles. The molecule has 5 nitrogen and oxygen atoms in total. The van der Waals surface area contributed by atoms with E-state index >= 15 is 0 Å². The molecule has 16 heavy (non-hydrogen) atoms. The van der Waals surface area contributed by atoms with E-state index in [1.807, 2.05) is 13.0 Å². The summed E-state index contributed by atoms with van der Waals surface area (Å²) in [6.07, 6.45) is 1.81. The van der Waals surface area contributed by atoms with Crippen LogP contribution in [-0.2, 0) is 11.3 Å². The Morgan fingerprint density at radius 3 is 3.00 bits per heavy atom. The molecule has 1 aromatic heterocycles. The monoisotopic (exact) mass is 219 g/mol. The fraction of sp³-hybridized carbons (Fsp3) is 0.364. The van der Waals surface area contributed by atoms with Gasteiger partial charge in [0.1, 0.15) is 11.6 Å². The minimum Gasteiger partial charge on any atom is -0.356 e. The number of nitriles is 1. The van der Waals surface area contributed by atoms with Gasteiger partial charge in [-0.3, -0.25) is 9.59 Å². The van der Waals surface area contributed by atoms with Gasteiger partial charge in [0.25, 0.3) is 5.56 Å². The van der Waals surface area contributed by atoms with Crippen molar-refractivity contribution >= 4 is 5.91 Å². The van der Waals surface area contributed by atoms with Crippen molar-refractivity contribution < 1.29 is 4.79 Å². The Labute approximate surface area is 93.3 Å². The van der Waals surface area contributed by atoms with Crippen LogP contribution in [-0.4, -0.2) is 17.0 Å². The molecule has 1 N–H and O–H groups in total. The maximum absolute atomic E-state index is 11.6. The van der Waals surface area contributed by atoms with Crippen molar-refractivity contribution in [3.05, 3.63) is 34.2 Å². The van der Waals surface area contributed by atoms with Crippen LogP contribution in [0.5, 0.6) is 0 Å². The highest BCUT2D eigenvalue weighted by molar-refractivity contribution is 5.75. The number of hydrogen-bond acceptors (Lipinski definition) is 3. The molecule has 0 aliphatic heterocycles. The maximum Gasteiger partial charge on any atom is 0.268 e. The first-order valence-electron chi connectivity index (χ1n) is 5.05. The van der Waals surface area contributed by atoms with Crippen molar-refractivity contribution in [3.8, 4) is 6.07 Å². The summed E-state index contributed by atoms with van der Waals surface area (Å²) in [5.41, 5.74) is -0.257. The van der Waals surface area contributed by atoms with E-state index in [2.05, 4.69) is 5.32 Å². The first-order valence-corrected chi connectivity index (χ1v) is 5.05. The zero-order valence-corrected chi connectivity index (χ0v) is 9.06. The van der Waals surface area contributed by atoms with E-state index in [9.17, 15) is 9.59 Å². The van der Waals surface area contributed by atoms with Crippen LogP contribution < -0.4 is 10.9 Å². The second kappa shape index (κ2) is 5.71. The highest BCUT2D eigenvalue weighted by Crippen LogP contribution is 1.92. The number of carbonyl (C=O) groups excluding carboxylic acids is 1. The third kappa shape index (κ3) is 2.95. The molecular weight excluding hydrogens is 206 g/mol. The van der Waals surface area contributed by atoms with E-state index < -0.39 is 0 Å². The SMILES string of the molecule is CCNC(=O)CCn1cccc(C#N)c1=O. The largest absolute Gasteiger partial charge is 0.356 e. The first kappa shape index (κ1) is 12.0. The summed E-state index contributed by atoms with van der Waals surface area (Å²) in [6, 6.07) is 4.90. The highest BCUT2D eigenvalue weighted by atomic mass is 16.1. The Morgan fingerprint density at radius 1 is 1.62 bits per heavy atom. The molecule has 1 rings (SSSR count). The molecule has 0 spiro atoms. The van der Waals surface area contributed by atoms with E-state index in [-0.39, 0.29) is 23.5 Å². The van der Waals surface area contributed by atoms with E-state index in [4.69, 9.17) is 5.26 Å². The average Bonchev–Trinajstić information content (AvgIpc) is 2.28. The van der Waals surface area contributed by atoms with Crippen LogP contribution >= 0.6 is 0 Å². The molecule has 1 aromatic rings. The summed E-state index contributed by atoms with van der Waals surface area (Å²) >= 11 is 0. The van der Waals surface area contributed by atoms with E-state index in [0.29, 0.717) is 13.1 Å². The summed E-state index contributed by atoms with van der Waals surface area (Å²) in [5, 5.41) is 11.3. The summed E-state index contributed by atoms with van der Waals surface area (Å²) in [6.45, 7) is 2.70. The minimum absolute atomic E-state index is 0.0957. The van der Waals surface area contributed by atoms with Crippen molar-refractivity contribution in [1.82, 2.24) is 9.88 Å². The molecule has 0 unspecified atom stereocenters. The van der Waals surface area contributed by atoms with Crippen LogP contribution in [0.1, 0.15) is 18.9 Å². The van der Waals surface area contributed by atoms with Gasteiger partial charge >= 0.3 is 0 Å². The predicted molar refractivity (Wildman–Crippen MR) is 58.7 cm³/mol. The van der Waals surface area contributed by atoms with Crippen LogP contribution in [0.25, 0.3) is 0 Å². The quantitative estimate of drug-likeness (QED) is 0.788. The van der Waals surface area contributed by atoms with Gasteiger partial charge < -0.3 is 9.88 Å². The molecule has 5 heteroatoms. The van der Waals surface area contributed by atoms with Gasteiger partial charge in [-0.1, -0.05) is 0 Å². The number of nitrogens with zero attached hydrogens (tertiary/aromatic N) is 2. The molecule has 0 saturated carbocycles. The van der Waals surface area contributed by atoms with Gasteiger partial charge in [0.05, 0.1) is 0 Å². The third-order valence-electron chi connectivity index (χ3n) is 2.09. The van der Waals surface area contributed by atoms with Crippen molar-refractivity contribution in [2.45, 2.75) is 19.9 Å². The summed E-state index contributed by atoms with van der Waals surface area (Å²) < 4.78 is 1.37. The van der Waals surface area contributed by atoms with Crippen LogP contribution in [0.4, 0.5) is 0 Å². The van der Waals surface area contributed by atoms with Gasteiger partial charge in [0.15, 0.2) is 0 Å². The molecule has 1 amide bonds. The Kier molecular flexibility index (Phi) is 4.28. The third-order valence-corrected chi connectivity index (χ3v) is 2.09. The van der Waals surface area contributed by atoms with Gasteiger partial charge in [-0.2, -0.15) is 5.26 Å². The van der Waals surface area contributed by atoms with Crippen molar-refractivity contribution in [2.75, 3.05) is 6.54 Å². The number of amides is 1. The van der Waals surface area contributed by atoms with E-state index in [1.165, 1.54) is 10.6 Å². The van der Waals surface area contributed by atoms with Gasteiger partial charge in [0.2, 0.25) is 5.91 Å². The molecule has 0 radical (unpaired) electrons. The van der Waals surface area contributed by atoms with Gasteiger partial charge in [-0.05, 0) is 19.1 Å². The summed E-state index contributed by atoms with van der Waals surface area (Å²) in [5.74, 6) is -0.100. The lowest BCUT2D eigenvalue weighted by atomic mass is 10.3. The molecule has 1 heterocycles. The predicted octanol–water partition coefficient (Wildman–Crippen LogP) is 0.246. The van der Waals surface area contributed by atoms with Gasteiger partial charge in [-0.25, -0.2) is 0 Å². The van der Waals surface area contributed by atoms with Crippen molar-refractivity contribution in [2.24, 2.45) is 0 Å². The number of pyridine rings is 1. The number of hydrogen-bond donors (Lipinski definition) is 1. The highest BCUT2D eigenvalue weighted by Gasteiger charge is 2.04. The van der Waals surface area contributed by atoms with Gasteiger partial charge in [-0.15, -0.1) is 0 Å². The van der Waals surface area contributed by atoms with Crippen LogP contribution in [0.15, 0.2) is 23.1 Å². The second-order valence-corrected chi connectivity index (χ2v) is 3.24. The zero-order valence-electron chi connectivity index (χ0n) is 9.06. The molecule has 0 fully saturated rings. The van der Waals surface area contributed by atoms with Crippen molar-refractivity contribution in [3.63, 3.8) is 0 Å². The molecule has 0 bridgehead atoms. The number of carbonyl (C=O) groups is 1. The fourth-order valence-electron chi connectivity index (χ4n) is 1.31. The summed E-state index contributed by atoms with van der Waals surface area (Å²) in [4.78, 5) is 22.8. The Morgan fingerprint density at radius 2 is 2.38 bits per heavy atom. The summed E-state index contributed by atoms with van der Waals surface area (Å²) in [7, 11) is 0. The Balaban J connectivity index is 2.72. The average molecular weight is 219 g/mol. The number of aryl methyl sites for hydroxylation is 1. The number of rotatable bonds is 4. The minimum atomic E-state index is -0.353. The number of nitrogens with one attached hydrogen (secondary N) is 1. The van der Waals surface area contributed by atoms with E-state index in [1.54, 1.807) is 12.3 Å². The standard InChI is InChI=1S/C11H13N3O2/c1-2-13-10(15)5-7-14-6-3-4-9(8-12)11(14)16/h3-4,6H,2,5,7H2,1H3,(H,13,15). The first-order chi connectivity index (χ1) is 7.69. The topological polar surface area (TPSA) is 74.9 Å². The normalized spacial score (nSPS) is 9.50. The molecular formula is C11H13N3O2. The Bertz CT molecular complexity index is 471. The lowest BCUT2D eigenvalue weighted by Crippen LogP contribution is -2.27. The molecule has 0 aromatic carbocycles. The molecule has 0 atom stereocenters.